The second kappa shape index (κ2) is 5.79. The summed E-state index contributed by atoms with van der Waals surface area (Å²) < 4.78 is 5.78. The fourth-order valence-electron chi connectivity index (χ4n) is 2.59. The van der Waals surface area contributed by atoms with Crippen LogP contribution in [0.15, 0.2) is 36.4 Å². The summed E-state index contributed by atoms with van der Waals surface area (Å²) in [5.41, 5.74) is 0.976. The van der Waals surface area contributed by atoms with Crippen molar-refractivity contribution in [2.45, 2.75) is 44.6 Å². The molecule has 1 saturated carbocycles. The first kappa shape index (κ1) is 14.1. The van der Waals surface area contributed by atoms with Crippen molar-refractivity contribution in [2.75, 3.05) is 0 Å². The lowest BCUT2D eigenvalue weighted by molar-refractivity contribution is -0.160. The van der Waals surface area contributed by atoms with Crippen molar-refractivity contribution in [3.63, 3.8) is 0 Å². The molecule has 0 unspecified atom stereocenters. The van der Waals surface area contributed by atoms with Crippen molar-refractivity contribution in [3.05, 3.63) is 47.0 Å². The second-order valence-corrected chi connectivity index (χ2v) is 5.67. The van der Waals surface area contributed by atoms with Crippen LogP contribution in [0, 0.1) is 0 Å². The molecule has 102 valence electrons. The minimum Gasteiger partial charge on any atom is -0.451 e. The Morgan fingerprint density at radius 3 is 2.32 bits per heavy atom. The molecule has 0 saturated heterocycles. The van der Waals surface area contributed by atoms with Crippen molar-refractivity contribution in [3.8, 4) is 0 Å². The smallest absolute Gasteiger partial charge is 0.333 e. The van der Waals surface area contributed by atoms with Crippen molar-refractivity contribution < 1.29 is 9.53 Å². The zero-order valence-electron chi connectivity index (χ0n) is 11.2. The average molecular weight is 279 g/mol. The van der Waals surface area contributed by atoms with Crippen LogP contribution in [0.4, 0.5) is 0 Å². The lowest BCUT2D eigenvalue weighted by Crippen LogP contribution is -2.34. The second-order valence-electron chi connectivity index (χ2n) is 5.23. The molecule has 0 spiro atoms. The van der Waals surface area contributed by atoms with Crippen molar-refractivity contribution >= 4 is 17.6 Å². The molecule has 0 radical (unpaired) electrons. The van der Waals surface area contributed by atoms with Gasteiger partial charge in [-0.3, -0.25) is 0 Å². The highest BCUT2D eigenvalue weighted by Crippen LogP contribution is 2.41. The Morgan fingerprint density at radius 2 is 1.79 bits per heavy atom. The lowest BCUT2D eigenvalue weighted by atomic mass is 9.79. The van der Waals surface area contributed by atoms with Gasteiger partial charge in [0.1, 0.15) is 5.60 Å². The van der Waals surface area contributed by atoms with E-state index in [0.29, 0.717) is 10.6 Å². The van der Waals surface area contributed by atoms with E-state index in [1.807, 2.05) is 24.3 Å². The van der Waals surface area contributed by atoms with Gasteiger partial charge in [-0.1, -0.05) is 36.7 Å². The Balaban J connectivity index is 2.31. The van der Waals surface area contributed by atoms with Crippen LogP contribution in [0.2, 0.25) is 5.02 Å². The van der Waals surface area contributed by atoms with Gasteiger partial charge in [-0.2, -0.15) is 0 Å². The van der Waals surface area contributed by atoms with E-state index in [2.05, 4.69) is 6.58 Å². The zero-order chi connectivity index (χ0) is 13.9. The quantitative estimate of drug-likeness (QED) is 0.596. The maximum absolute atomic E-state index is 11.9. The van der Waals surface area contributed by atoms with Gasteiger partial charge in [-0.05, 0) is 50.3 Å². The summed E-state index contributed by atoms with van der Waals surface area (Å²) in [6.45, 7) is 5.35. The van der Waals surface area contributed by atoms with E-state index < -0.39 is 5.60 Å². The third kappa shape index (κ3) is 3.19. The first-order valence-electron chi connectivity index (χ1n) is 6.68. The highest BCUT2D eigenvalue weighted by Gasteiger charge is 2.37. The molecule has 1 fully saturated rings. The average Bonchev–Trinajstić information content (AvgIpc) is 2.40. The third-order valence-corrected chi connectivity index (χ3v) is 3.92. The van der Waals surface area contributed by atoms with Gasteiger partial charge in [0.05, 0.1) is 0 Å². The van der Waals surface area contributed by atoms with Gasteiger partial charge in [-0.25, -0.2) is 4.79 Å². The first-order valence-corrected chi connectivity index (χ1v) is 7.06. The van der Waals surface area contributed by atoms with Crippen LogP contribution in [-0.2, 0) is 15.1 Å². The molecule has 19 heavy (non-hydrogen) atoms. The van der Waals surface area contributed by atoms with Gasteiger partial charge in [0.15, 0.2) is 0 Å². The number of ether oxygens (including phenoxy) is 1. The Labute approximate surface area is 119 Å². The van der Waals surface area contributed by atoms with Crippen LogP contribution >= 0.6 is 11.6 Å². The first-order chi connectivity index (χ1) is 9.03. The van der Waals surface area contributed by atoms with Crippen LogP contribution in [0.25, 0.3) is 0 Å². The topological polar surface area (TPSA) is 26.3 Å². The minimum atomic E-state index is -0.501. The predicted molar refractivity (Wildman–Crippen MR) is 77.1 cm³/mol. The van der Waals surface area contributed by atoms with Gasteiger partial charge in [0.2, 0.25) is 0 Å². The van der Waals surface area contributed by atoms with Gasteiger partial charge < -0.3 is 4.74 Å². The fraction of sp³-hybridized carbons (Fsp3) is 0.438. The molecule has 0 heterocycles. The van der Waals surface area contributed by atoms with E-state index in [0.717, 1.165) is 31.2 Å². The molecule has 0 atom stereocenters. The summed E-state index contributed by atoms with van der Waals surface area (Å²) in [5.74, 6) is -0.308. The Bertz CT molecular complexity index is 470. The number of carbonyl (C=O) groups is 1. The summed E-state index contributed by atoms with van der Waals surface area (Å²) in [6.07, 6.45) is 5.08. The molecule has 1 aliphatic rings. The molecular formula is C16H19ClO2. The predicted octanol–water partition coefficient (Wildman–Crippen LogP) is 4.62. The number of halogens is 1. The van der Waals surface area contributed by atoms with E-state index in [9.17, 15) is 4.79 Å². The molecule has 2 nitrogen and oxygen atoms in total. The van der Waals surface area contributed by atoms with E-state index in [-0.39, 0.29) is 5.97 Å². The van der Waals surface area contributed by atoms with Crippen LogP contribution in [0.5, 0.6) is 0 Å². The largest absolute Gasteiger partial charge is 0.451 e. The number of rotatable bonds is 3. The van der Waals surface area contributed by atoms with Crippen molar-refractivity contribution in [1.82, 2.24) is 0 Å². The maximum atomic E-state index is 11.9. The van der Waals surface area contributed by atoms with Gasteiger partial charge in [0, 0.05) is 10.6 Å². The number of hydrogen-bond acceptors (Lipinski definition) is 2. The SMILES string of the molecule is C=C(C)C(=O)OC1(c2ccc(Cl)cc2)CCCCC1. The summed E-state index contributed by atoms with van der Waals surface area (Å²) in [6, 6.07) is 7.61. The molecular weight excluding hydrogens is 260 g/mol. The molecule has 0 aliphatic heterocycles. The molecule has 0 aromatic heterocycles. The monoisotopic (exact) mass is 278 g/mol. The highest BCUT2D eigenvalue weighted by molar-refractivity contribution is 6.30. The van der Waals surface area contributed by atoms with E-state index in [4.69, 9.17) is 16.3 Å². The molecule has 3 heteroatoms. The minimum absolute atomic E-state index is 0.308. The van der Waals surface area contributed by atoms with Gasteiger partial charge in [-0.15, -0.1) is 0 Å². The van der Waals surface area contributed by atoms with Crippen LogP contribution in [0.1, 0.15) is 44.6 Å². The van der Waals surface area contributed by atoms with Gasteiger partial charge in [0.25, 0.3) is 0 Å². The Kier molecular flexibility index (Phi) is 4.31. The van der Waals surface area contributed by atoms with E-state index >= 15 is 0 Å². The normalized spacial score (nSPS) is 17.8. The molecule has 1 aromatic carbocycles. The molecule has 0 bridgehead atoms. The number of hydrogen-bond donors (Lipinski definition) is 0. The summed E-state index contributed by atoms with van der Waals surface area (Å²) in [7, 11) is 0. The fourth-order valence-corrected chi connectivity index (χ4v) is 2.72. The lowest BCUT2D eigenvalue weighted by Gasteiger charge is -2.37. The van der Waals surface area contributed by atoms with Crippen molar-refractivity contribution in [1.29, 1.82) is 0 Å². The molecule has 0 amide bonds. The number of esters is 1. The summed E-state index contributed by atoms with van der Waals surface area (Å²) in [4.78, 5) is 11.9. The highest BCUT2D eigenvalue weighted by atomic mass is 35.5. The molecule has 0 N–H and O–H groups in total. The van der Waals surface area contributed by atoms with Crippen LogP contribution in [0.3, 0.4) is 0 Å². The summed E-state index contributed by atoms with van der Waals surface area (Å²) in [5, 5.41) is 0.695. The number of benzene rings is 1. The summed E-state index contributed by atoms with van der Waals surface area (Å²) >= 11 is 5.93. The Hall–Kier alpha value is -1.28. The van der Waals surface area contributed by atoms with Crippen molar-refractivity contribution in [2.24, 2.45) is 0 Å². The van der Waals surface area contributed by atoms with Crippen LogP contribution < -0.4 is 0 Å². The third-order valence-electron chi connectivity index (χ3n) is 3.67. The van der Waals surface area contributed by atoms with E-state index in [1.54, 1.807) is 6.92 Å². The van der Waals surface area contributed by atoms with Gasteiger partial charge >= 0.3 is 5.97 Å². The zero-order valence-corrected chi connectivity index (χ0v) is 12.0. The van der Waals surface area contributed by atoms with E-state index in [1.165, 1.54) is 6.42 Å². The molecule has 2 rings (SSSR count). The molecule has 1 aromatic rings. The van der Waals surface area contributed by atoms with Crippen LogP contribution in [-0.4, -0.2) is 5.97 Å². The Morgan fingerprint density at radius 1 is 1.21 bits per heavy atom. The number of carbonyl (C=O) groups excluding carboxylic acids is 1. The maximum Gasteiger partial charge on any atom is 0.333 e. The standard InChI is InChI=1S/C16H19ClO2/c1-12(2)15(18)19-16(10-4-3-5-11-16)13-6-8-14(17)9-7-13/h6-9H,1,3-5,10-11H2,2H3. The molecule has 1 aliphatic carbocycles.